The number of amides is 1. The fourth-order valence-electron chi connectivity index (χ4n) is 2.07. The number of halogens is 1. The molecule has 1 amide bonds. The second kappa shape index (κ2) is 6.85. The molecule has 0 N–H and O–H groups in total. The molecule has 2 aromatic rings. The van der Waals surface area contributed by atoms with Crippen LogP contribution in [0.2, 0.25) is 0 Å². The van der Waals surface area contributed by atoms with Gasteiger partial charge in [0, 0.05) is 13.1 Å². The molecule has 0 aliphatic heterocycles. The van der Waals surface area contributed by atoms with Gasteiger partial charge < -0.3 is 4.90 Å². The molecule has 20 heavy (non-hydrogen) atoms. The predicted molar refractivity (Wildman–Crippen MR) is 77.7 cm³/mol. The maximum absolute atomic E-state index is 13.4. The Kier molecular flexibility index (Phi) is 4.88. The largest absolute Gasteiger partial charge is 0.332 e. The fourth-order valence-corrected chi connectivity index (χ4v) is 2.07. The first-order valence-corrected chi connectivity index (χ1v) is 6.67. The van der Waals surface area contributed by atoms with Gasteiger partial charge in [0.25, 0.3) is 5.91 Å². The highest BCUT2D eigenvalue weighted by Gasteiger charge is 2.20. The minimum Gasteiger partial charge on any atom is -0.332 e. The molecule has 0 saturated carbocycles. The molecule has 2 rings (SSSR count). The Balaban J connectivity index is 2.15. The lowest BCUT2D eigenvalue weighted by Gasteiger charge is -2.23. The van der Waals surface area contributed by atoms with Crippen LogP contribution in [-0.4, -0.2) is 17.0 Å². The highest BCUT2D eigenvalue weighted by Crippen LogP contribution is 2.12. The average Bonchev–Trinajstić information content (AvgIpc) is 2.48. The zero-order chi connectivity index (χ0) is 14.4. The number of hydrogen-bond donors (Lipinski definition) is 0. The van der Waals surface area contributed by atoms with Crippen molar-refractivity contribution in [2.45, 2.75) is 26.2 Å². The fraction of sp³-hybridized carbons (Fsp3) is 0.235. The Morgan fingerprint density at radius 3 is 1.70 bits per heavy atom. The van der Waals surface area contributed by atoms with E-state index >= 15 is 0 Å². The van der Waals surface area contributed by atoms with E-state index in [1.54, 1.807) is 4.90 Å². The van der Waals surface area contributed by atoms with Gasteiger partial charge >= 0.3 is 0 Å². The average molecular weight is 271 g/mol. The molecule has 2 nitrogen and oxygen atoms in total. The molecule has 0 aromatic heterocycles. The van der Waals surface area contributed by atoms with Crippen molar-refractivity contribution >= 4 is 5.91 Å². The van der Waals surface area contributed by atoms with Crippen LogP contribution in [0.1, 0.15) is 18.1 Å². The first-order valence-electron chi connectivity index (χ1n) is 6.67. The van der Waals surface area contributed by atoms with Gasteiger partial charge in [-0.3, -0.25) is 4.79 Å². The molecule has 2 aromatic carbocycles. The van der Waals surface area contributed by atoms with Gasteiger partial charge in [0.05, 0.1) is 0 Å². The quantitative estimate of drug-likeness (QED) is 0.814. The van der Waals surface area contributed by atoms with Crippen LogP contribution in [0.15, 0.2) is 60.7 Å². The molecule has 0 bridgehead atoms. The Hall–Kier alpha value is -2.16. The van der Waals surface area contributed by atoms with E-state index in [4.69, 9.17) is 0 Å². The molecule has 0 spiro atoms. The Labute approximate surface area is 118 Å². The van der Waals surface area contributed by atoms with Crippen LogP contribution in [0.25, 0.3) is 0 Å². The van der Waals surface area contributed by atoms with Crippen molar-refractivity contribution in [1.82, 2.24) is 4.90 Å². The number of alkyl halides is 1. The van der Waals surface area contributed by atoms with E-state index in [2.05, 4.69) is 0 Å². The lowest BCUT2D eigenvalue weighted by molar-refractivity contribution is -0.137. The molecule has 0 fully saturated rings. The molecule has 0 radical (unpaired) electrons. The molecule has 0 saturated heterocycles. The van der Waals surface area contributed by atoms with E-state index < -0.39 is 12.1 Å². The first-order chi connectivity index (χ1) is 9.66. The van der Waals surface area contributed by atoms with E-state index in [1.165, 1.54) is 6.92 Å². The normalized spacial score (nSPS) is 11.9. The lowest BCUT2D eigenvalue weighted by atomic mass is 10.1. The van der Waals surface area contributed by atoms with Crippen molar-refractivity contribution in [3.05, 3.63) is 71.8 Å². The number of benzene rings is 2. The summed E-state index contributed by atoms with van der Waals surface area (Å²) in [6, 6.07) is 19.3. The molecular weight excluding hydrogens is 253 g/mol. The summed E-state index contributed by atoms with van der Waals surface area (Å²) in [4.78, 5) is 13.6. The van der Waals surface area contributed by atoms with Crippen LogP contribution >= 0.6 is 0 Å². The van der Waals surface area contributed by atoms with Gasteiger partial charge in [-0.1, -0.05) is 60.7 Å². The van der Waals surface area contributed by atoms with Crippen LogP contribution in [0.5, 0.6) is 0 Å². The monoisotopic (exact) mass is 271 g/mol. The predicted octanol–water partition coefficient (Wildman–Crippen LogP) is 3.57. The van der Waals surface area contributed by atoms with Gasteiger partial charge in [0.15, 0.2) is 6.17 Å². The van der Waals surface area contributed by atoms with Gasteiger partial charge in [0.2, 0.25) is 0 Å². The summed E-state index contributed by atoms with van der Waals surface area (Å²) in [5.41, 5.74) is 2.00. The van der Waals surface area contributed by atoms with Crippen molar-refractivity contribution in [2.24, 2.45) is 0 Å². The summed E-state index contributed by atoms with van der Waals surface area (Å²) in [6.45, 7) is 2.12. The van der Waals surface area contributed by atoms with E-state index in [0.717, 1.165) is 11.1 Å². The van der Waals surface area contributed by atoms with Crippen LogP contribution in [-0.2, 0) is 17.9 Å². The molecule has 1 atom stereocenters. The van der Waals surface area contributed by atoms with E-state index in [9.17, 15) is 9.18 Å². The van der Waals surface area contributed by atoms with Crippen LogP contribution < -0.4 is 0 Å². The number of nitrogens with zero attached hydrogens (tertiary/aromatic N) is 1. The summed E-state index contributed by atoms with van der Waals surface area (Å²) in [7, 11) is 0. The summed E-state index contributed by atoms with van der Waals surface area (Å²) < 4.78 is 13.4. The van der Waals surface area contributed by atoms with Crippen molar-refractivity contribution in [2.75, 3.05) is 0 Å². The third kappa shape index (κ3) is 3.92. The summed E-state index contributed by atoms with van der Waals surface area (Å²) in [6.07, 6.45) is -1.48. The van der Waals surface area contributed by atoms with Crippen molar-refractivity contribution in [1.29, 1.82) is 0 Å². The van der Waals surface area contributed by atoms with E-state index in [0.29, 0.717) is 13.1 Å². The van der Waals surface area contributed by atoms with Gasteiger partial charge in [-0.2, -0.15) is 0 Å². The maximum atomic E-state index is 13.4. The van der Waals surface area contributed by atoms with E-state index in [-0.39, 0.29) is 0 Å². The number of hydrogen-bond acceptors (Lipinski definition) is 1. The van der Waals surface area contributed by atoms with Crippen molar-refractivity contribution < 1.29 is 9.18 Å². The van der Waals surface area contributed by atoms with Gasteiger partial charge in [-0.15, -0.1) is 0 Å². The van der Waals surface area contributed by atoms with Crippen LogP contribution in [0.3, 0.4) is 0 Å². The summed E-state index contributed by atoms with van der Waals surface area (Å²) in [5.74, 6) is -0.474. The standard InChI is InChI=1S/C17H18FNO/c1-14(18)17(20)19(12-15-8-4-2-5-9-15)13-16-10-6-3-7-11-16/h2-11,14H,12-13H2,1H3. The number of rotatable bonds is 5. The molecular formula is C17H18FNO. The third-order valence-corrected chi connectivity index (χ3v) is 3.08. The SMILES string of the molecule is CC(F)C(=O)N(Cc1ccccc1)Cc1ccccc1. The zero-order valence-corrected chi connectivity index (χ0v) is 11.5. The van der Waals surface area contributed by atoms with Crippen molar-refractivity contribution in [3.8, 4) is 0 Å². The first kappa shape index (κ1) is 14.3. The summed E-state index contributed by atoms with van der Waals surface area (Å²) >= 11 is 0. The molecule has 1 unspecified atom stereocenters. The molecule has 0 aliphatic rings. The molecule has 104 valence electrons. The van der Waals surface area contributed by atoms with Crippen molar-refractivity contribution in [3.63, 3.8) is 0 Å². The van der Waals surface area contributed by atoms with Crippen LogP contribution in [0.4, 0.5) is 4.39 Å². The summed E-state index contributed by atoms with van der Waals surface area (Å²) in [5, 5.41) is 0. The molecule has 0 heterocycles. The zero-order valence-electron chi connectivity index (χ0n) is 11.5. The highest BCUT2D eigenvalue weighted by atomic mass is 19.1. The van der Waals surface area contributed by atoms with E-state index in [1.807, 2.05) is 60.7 Å². The topological polar surface area (TPSA) is 20.3 Å². The van der Waals surface area contributed by atoms with Gasteiger partial charge in [0.1, 0.15) is 0 Å². The van der Waals surface area contributed by atoms with Gasteiger partial charge in [-0.25, -0.2) is 4.39 Å². The maximum Gasteiger partial charge on any atom is 0.257 e. The smallest absolute Gasteiger partial charge is 0.257 e. The third-order valence-electron chi connectivity index (χ3n) is 3.08. The highest BCUT2D eigenvalue weighted by molar-refractivity contribution is 5.80. The Morgan fingerprint density at radius 1 is 0.950 bits per heavy atom. The van der Waals surface area contributed by atoms with Crippen LogP contribution in [0, 0.1) is 0 Å². The molecule has 0 aliphatic carbocycles. The molecule has 3 heteroatoms. The Bertz CT molecular complexity index is 498. The minimum atomic E-state index is -1.48. The number of carbonyl (C=O) groups is 1. The lowest BCUT2D eigenvalue weighted by Crippen LogP contribution is -2.35. The minimum absolute atomic E-state index is 0.419. The second-order valence-electron chi connectivity index (χ2n) is 4.78. The van der Waals surface area contributed by atoms with Gasteiger partial charge in [-0.05, 0) is 18.1 Å². The second-order valence-corrected chi connectivity index (χ2v) is 4.78. The number of carbonyl (C=O) groups excluding carboxylic acids is 1. The Morgan fingerprint density at radius 2 is 1.35 bits per heavy atom.